The molecule has 0 bridgehead atoms. The third kappa shape index (κ3) is 4.08. The maximum Gasteiger partial charge on any atom is 0.329 e. The lowest BCUT2D eigenvalue weighted by molar-refractivity contribution is -0.148. The van der Waals surface area contributed by atoms with Crippen molar-refractivity contribution in [3.63, 3.8) is 0 Å². The standard InChI is InChI=1S/C16H18ClNO3/c17-13-7-4-12(5-8-13)6-9-14(19)18-16(15(20)21)10-2-1-3-11-16/h4-9H,1-3,10-11H2,(H,18,19)(H,20,21)/b9-6+. The van der Waals surface area contributed by atoms with E-state index in [-0.39, 0.29) is 5.91 Å². The van der Waals surface area contributed by atoms with Crippen molar-refractivity contribution in [2.24, 2.45) is 0 Å². The summed E-state index contributed by atoms with van der Waals surface area (Å²) < 4.78 is 0. The summed E-state index contributed by atoms with van der Waals surface area (Å²) >= 11 is 5.79. The summed E-state index contributed by atoms with van der Waals surface area (Å²) in [5.41, 5.74) is -0.276. The predicted octanol–water partition coefficient (Wildman–Crippen LogP) is 3.26. The average Bonchev–Trinajstić information content (AvgIpc) is 2.47. The average molecular weight is 308 g/mol. The highest BCUT2D eigenvalue weighted by Crippen LogP contribution is 2.28. The summed E-state index contributed by atoms with van der Waals surface area (Å²) in [6.07, 6.45) is 6.66. The summed E-state index contributed by atoms with van der Waals surface area (Å²) in [5.74, 6) is -1.33. The van der Waals surface area contributed by atoms with Crippen molar-refractivity contribution in [1.82, 2.24) is 5.32 Å². The molecule has 1 aliphatic rings. The highest BCUT2D eigenvalue weighted by Gasteiger charge is 2.40. The topological polar surface area (TPSA) is 66.4 Å². The molecule has 2 rings (SSSR count). The second-order valence-corrected chi connectivity index (χ2v) is 5.76. The van der Waals surface area contributed by atoms with E-state index in [1.165, 1.54) is 6.08 Å². The number of carboxylic acid groups (broad SMARTS) is 1. The van der Waals surface area contributed by atoms with E-state index >= 15 is 0 Å². The molecule has 0 aromatic heterocycles. The van der Waals surface area contributed by atoms with Gasteiger partial charge in [-0.05, 0) is 36.6 Å². The molecule has 1 amide bonds. The quantitative estimate of drug-likeness (QED) is 0.839. The number of benzene rings is 1. The Kier molecular flexibility index (Phi) is 5.02. The van der Waals surface area contributed by atoms with Crippen LogP contribution in [0.2, 0.25) is 5.02 Å². The third-order valence-corrected chi connectivity index (χ3v) is 4.03. The molecule has 0 atom stereocenters. The Hall–Kier alpha value is -1.81. The first kappa shape index (κ1) is 15.6. The first-order chi connectivity index (χ1) is 10.0. The molecule has 2 N–H and O–H groups in total. The lowest BCUT2D eigenvalue weighted by Gasteiger charge is -2.33. The summed E-state index contributed by atoms with van der Waals surface area (Å²) in [6.45, 7) is 0. The summed E-state index contributed by atoms with van der Waals surface area (Å²) in [7, 11) is 0. The van der Waals surface area contributed by atoms with Crippen LogP contribution < -0.4 is 5.32 Å². The molecular formula is C16H18ClNO3. The van der Waals surface area contributed by atoms with Crippen LogP contribution in [0.1, 0.15) is 37.7 Å². The predicted molar refractivity (Wildman–Crippen MR) is 82.1 cm³/mol. The van der Waals surface area contributed by atoms with Crippen molar-refractivity contribution < 1.29 is 14.7 Å². The molecule has 1 aromatic carbocycles. The van der Waals surface area contributed by atoms with Crippen molar-refractivity contribution in [3.8, 4) is 0 Å². The van der Waals surface area contributed by atoms with Crippen LogP contribution in [0.25, 0.3) is 6.08 Å². The van der Waals surface area contributed by atoms with Crippen molar-refractivity contribution in [3.05, 3.63) is 40.9 Å². The minimum absolute atomic E-state index is 0.380. The maximum atomic E-state index is 12.0. The molecule has 112 valence electrons. The largest absolute Gasteiger partial charge is 0.480 e. The Morgan fingerprint density at radius 1 is 1.14 bits per heavy atom. The molecule has 1 fully saturated rings. The van der Waals surface area contributed by atoms with Crippen molar-refractivity contribution in [1.29, 1.82) is 0 Å². The van der Waals surface area contributed by atoms with Gasteiger partial charge in [0.1, 0.15) is 5.54 Å². The van der Waals surface area contributed by atoms with Crippen LogP contribution in [-0.4, -0.2) is 22.5 Å². The lowest BCUT2D eigenvalue weighted by Crippen LogP contribution is -2.55. The molecule has 0 aliphatic heterocycles. The third-order valence-electron chi connectivity index (χ3n) is 3.78. The van der Waals surface area contributed by atoms with Gasteiger partial charge in [-0.15, -0.1) is 0 Å². The van der Waals surface area contributed by atoms with Crippen molar-refractivity contribution in [2.75, 3.05) is 0 Å². The van der Waals surface area contributed by atoms with Gasteiger partial charge in [-0.25, -0.2) is 4.79 Å². The number of amides is 1. The fraction of sp³-hybridized carbons (Fsp3) is 0.375. The number of nitrogens with one attached hydrogen (secondary N) is 1. The smallest absolute Gasteiger partial charge is 0.329 e. The molecule has 1 saturated carbocycles. The zero-order chi connectivity index (χ0) is 15.3. The Morgan fingerprint density at radius 2 is 1.76 bits per heavy atom. The van der Waals surface area contributed by atoms with Gasteiger partial charge in [-0.1, -0.05) is 43.0 Å². The van der Waals surface area contributed by atoms with E-state index in [1.807, 2.05) is 0 Å². The number of hydrogen-bond acceptors (Lipinski definition) is 2. The van der Waals surface area contributed by atoms with E-state index in [9.17, 15) is 14.7 Å². The molecule has 21 heavy (non-hydrogen) atoms. The van der Waals surface area contributed by atoms with Crippen molar-refractivity contribution in [2.45, 2.75) is 37.6 Å². The minimum Gasteiger partial charge on any atom is -0.480 e. The Morgan fingerprint density at radius 3 is 2.33 bits per heavy atom. The highest BCUT2D eigenvalue weighted by atomic mass is 35.5. The van der Waals surface area contributed by atoms with E-state index in [4.69, 9.17) is 11.6 Å². The summed E-state index contributed by atoms with van der Waals surface area (Å²) in [6, 6.07) is 7.05. The Bertz CT molecular complexity index is 545. The zero-order valence-electron chi connectivity index (χ0n) is 11.6. The number of aliphatic carboxylic acids is 1. The Balaban J connectivity index is 2.02. The van der Waals surface area contributed by atoms with Gasteiger partial charge < -0.3 is 10.4 Å². The van der Waals surface area contributed by atoms with Crippen LogP contribution in [0.5, 0.6) is 0 Å². The summed E-state index contributed by atoms with van der Waals surface area (Å²) in [5, 5.41) is 12.7. The fourth-order valence-corrected chi connectivity index (χ4v) is 2.70. The molecule has 0 saturated heterocycles. The molecule has 0 unspecified atom stereocenters. The van der Waals surface area contributed by atoms with Gasteiger partial charge in [0, 0.05) is 11.1 Å². The maximum absolute atomic E-state index is 12.0. The highest BCUT2D eigenvalue weighted by molar-refractivity contribution is 6.30. The van der Waals surface area contributed by atoms with Gasteiger partial charge >= 0.3 is 5.97 Å². The molecule has 0 spiro atoms. The van der Waals surface area contributed by atoms with E-state index in [0.717, 1.165) is 24.8 Å². The molecule has 0 radical (unpaired) electrons. The fourth-order valence-electron chi connectivity index (χ4n) is 2.57. The number of carbonyl (C=O) groups is 2. The zero-order valence-corrected chi connectivity index (χ0v) is 12.4. The SMILES string of the molecule is O=C(/C=C/c1ccc(Cl)cc1)NC1(C(=O)O)CCCCC1. The minimum atomic E-state index is -1.11. The number of carbonyl (C=O) groups excluding carboxylic acids is 1. The number of hydrogen-bond donors (Lipinski definition) is 2. The molecule has 1 aliphatic carbocycles. The number of carboxylic acids is 1. The van der Waals surface area contributed by atoms with Crippen molar-refractivity contribution >= 4 is 29.6 Å². The van der Waals surface area contributed by atoms with Crippen LogP contribution in [-0.2, 0) is 9.59 Å². The van der Waals surface area contributed by atoms with Crippen LogP contribution in [0.3, 0.4) is 0 Å². The molecule has 5 heteroatoms. The monoisotopic (exact) mass is 307 g/mol. The lowest BCUT2D eigenvalue weighted by atomic mass is 9.81. The second-order valence-electron chi connectivity index (χ2n) is 5.32. The second kappa shape index (κ2) is 6.76. The van der Waals surface area contributed by atoms with Gasteiger partial charge in [0.15, 0.2) is 0 Å². The number of rotatable bonds is 4. The molecule has 0 heterocycles. The van der Waals surface area contributed by atoms with Gasteiger partial charge in [-0.3, -0.25) is 4.79 Å². The van der Waals surface area contributed by atoms with Crippen LogP contribution in [0.4, 0.5) is 0 Å². The molecule has 4 nitrogen and oxygen atoms in total. The molecule has 1 aromatic rings. The number of halogens is 1. The Labute approximate surface area is 128 Å². The van der Waals surface area contributed by atoms with E-state index in [0.29, 0.717) is 17.9 Å². The van der Waals surface area contributed by atoms with Gasteiger partial charge in [0.25, 0.3) is 0 Å². The summed E-state index contributed by atoms with van der Waals surface area (Å²) in [4.78, 5) is 23.4. The normalized spacial score (nSPS) is 17.6. The van der Waals surface area contributed by atoms with Crippen LogP contribution >= 0.6 is 11.6 Å². The van der Waals surface area contributed by atoms with Gasteiger partial charge in [0.2, 0.25) is 5.91 Å². The van der Waals surface area contributed by atoms with E-state index < -0.39 is 11.5 Å². The first-order valence-corrected chi connectivity index (χ1v) is 7.39. The van der Waals surface area contributed by atoms with E-state index in [2.05, 4.69) is 5.32 Å². The molecular weight excluding hydrogens is 290 g/mol. The van der Waals surface area contributed by atoms with E-state index in [1.54, 1.807) is 30.3 Å². The first-order valence-electron chi connectivity index (χ1n) is 7.01. The van der Waals surface area contributed by atoms with Gasteiger partial charge in [-0.2, -0.15) is 0 Å². The van der Waals surface area contributed by atoms with Crippen LogP contribution in [0.15, 0.2) is 30.3 Å². The van der Waals surface area contributed by atoms with Gasteiger partial charge in [0.05, 0.1) is 0 Å². The van der Waals surface area contributed by atoms with Crippen LogP contribution in [0, 0.1) is 0 Å².